The Morgan fingerprint density at radius 1 is 0.323 bits per heavy atom. The smallest absolute Gasteiger partial charge is 0.462 e. The average molecular weight is 1880 g/mol. The van der Waals surface area contributed by atoms with E-state index in [0.29, 0.717) is 64.2 Å². The molecule has 0 aromatic rings. The van der Waals surface area contributed by atoms with Crippen molar-refractivity contribution in [3.8, 4) is 24.2 Å². The summed E-state index contributed by atoms with van der Waals surface area (Å²) in [6, 6.07) is -2.10. The maximum absolute atomic E-state index is 14.0. The molecule has 0 fully saturated rings. The van der Waals surface area contributed by atoms with Gasteiger partial charge in [-0.05, 0) is 159 Å². The molecule has 0 aliphatic heterocycles. The van der Waals surface area contributed by atoms with Crippen LogP contribution in [0.2, 0.25) is 0 Å². The van der Waals surface area contributed by atoms with Crippen LogP contribution >= 0.6 is 15.6 Å². The van der Waals surface area contributed by atoms with Crippen molar-refractivity contribution >= 4 is 63.2 Å². The summed E-state index contributed by atoms with van der Waals surface area (Å²) < 4.78 is 83.8. The predicted octanol–water partition coefficient (Wildman–Crippen LogP) is 23.2. The molecule has 0 aromatic heterocycles. The zero-order valence-electron chi connectivity index (χ0n) is 81.9. The number of ether oxygens (including phenoxy) is 6. The minimum Gasteiger partial charge on any atom is -0.462 e. The van der Waals surface area contributed by atoms with E-state index in [1.807, 2.05) is 0 Å². The molecule has 28 heteroatoms. The van der Waals surface area contributed by atoms with Crippen molar-refractivity contribution in [2.45, 2.75) is 464 Å². The van der Waals surface area contributed by atoms with Crippen molar-refractivity contribution < 1.29 is 104 Å². The number of allylic oxidation sites excluding steroid dienone is 8. The van der Waals surface area contributed by atoms with Gasteiger partial charge in [0.25, 0.3) is 0 Å². The number of unbranched alkanes of at least 4 members (excludes halogenated alkanes) is 36. The summed E-state index contributed by atoms with van der Waals surface area (Å²) in [5, 5.41) is 10.5. The van der Waals surface area contributed by atoms with Gasteiger partial charge in [-0.15, -0.1) is 6.42 Å². The lowest BCUT2D eigenvalue weighted by Gasteiger charge is -2.23. The minimum absolute atomic E-state index is 0.0535. The number of nitrogens with one attached hydrogen (secondary N) is 4. The molecular weight excluding hydrogens is 1700 g/mol. The van der Waals surface area contributed by atoms with E-state index >= 15 is 0 Å². The van der Waals surface area contributed by atoms with E-state index < -0.39 is 127 Å². The van der Waals surface area contributed by atoms with Gasteiger partial charge in [-0.25, -0.2) is 9.13 Å². The molecule has 0 aromatic carbocycles. The second-order valence-corrected chi connectivity index (χ2v) is 37.2. The Kier molecular flexibility index (Phi) is 86.6. The molecule has 4 unspecified atom stereocenters. The molecule has 0 radical (unpaired) electrons. The third-order valence-corrected chi connectivity index (χ3v) is 23.8. The fraction of sp³-hybridized carbons (Fsp3) is 0.804. The monoisotopic (exact) mass is 1880 g/mol. The zero-order valence-corrected chi connectivity index (χ0v) is 83.7. The Bertz CT molecular complexity index is 3170. The summed E-state index contributed by atoms with van der Waals surface area (Å²) in [5.74, 6) is 3.30. The van der Waals surface area contributed by atoms with Gasteiger partial charge in [-0.3, -0.25) is 56.5 Å². The number of hydrogen-bond acceptors (Lipinski definition) is 20. The first-order valence-electron chi connectivity index (χ1n) is 50.9. The Morgan fingerprint density at radius 3 is 0.938 bits per heavy atom. The summed E-state index contributed by atoms with van der Waals surface area (Å²) in [6.07, 6.45) is 68.9. The van der Waals surface area contributed by atoms with Gasteiger partial charge < -0.3 is 59.5 Å². The van der Waals surface area contributed by atoms with Gasteiger partial charge in [0.2, 0.25) is 23.6 Å². The highest BCUT2D eigenvalue weighted by Crippen LogP contribution is 2.44. The number of rotatable bonds is 94. The van der Waals surface area contributed by atoms with E-state index in [-0.39, 0.29) is 90.4 Å². The second-order valence-electron chi connectivity index (χ2n) is 34.3. The van der Waals surface area contributed by atoms with Crippen molar-refractivity contribution in [3.05, 3.63) is 48.6 Å². The van der Waals surface area contributed by atoms with Crippen LogP contribution < -0.4 is 21.3 Å². The molecular formula is C102H180N4O22P2. The van der Waals surface area contributed by atoms with Crippen LogP contribution in [0.4, 0.5) is 0 Å². The van der Waals surface area contributed by atoms with Gasteiger partial charge in [-0.2, -0.15) is 0 Å². The maximum Gasteiger partial charge on any atom is 0.472 e. The summed E-state index contributed by atoms with van der Waals surface area (Å²) in [4.78, 5) is 128. The van der Waals surface area contributed by atoms with E-state index in [4.69, 9.17) is 52.9 Å². The molecule has 0 spiro atoms. The molecule has 26 nitrogen and oxygen atoms in total. The van der Waals surface area contributed by atoms with Gasteiger partial charge in [0.1, 0.15) is 24.7 Å². The fourth-order valence-electron chi connectivity index (χ4n) is 14.2. The van der Waals surface area contributed by atoms with Crippen LogP contribution in [0.15, 0.2) is 48.6 Å². The number of amides is 4. The number of terminal acetylenes is 1. The molecule has 8 atom stereocenters. The van der Waals surface area contributed by atoms with Crippen molar-refractivity contribution in [2.75, 3.05) is 65.9 Å². The SMILES string of the molecule is C#CC#C[C@H](CCOCC(COP(=O)(O)OCCNC(=O)CC(=O)NCCOP(=O)(O)OCC(COCC[C@@H](CCCCCCC)OC(=O)CCC/C=C\CCCCCC)NC(=O)C[C@@H](CCCCCCC)OC(=O)CCC/C=C/CCCCCC)NC(=O)C[C@@H](CCCCCCCCCCC)OC(=O)CCC/C=C/CCCCCC)OC(=O)CCC/C=C\CCCCCC. The van der Waals surface area contributed by atoms with Gasteiger partial charge in [-0.1, -0.05) is 277 Å². The third-order valence-electron chi connectivity index (χ3n) is 21.8. The number of phosphoric ester groups is 2. The number of carbonyl (C=O) groups excluding carboxylic acids is 8. The Balaban J connectivity index is 6.31. The highest BCUT2D eigenvalue weighted by atomic mass is 31.2. The van der Waals surface area contributed by atoms with Crippen molar-refractivity contribution in [1.82, 2.24) is 21.3 Å². The maximum atomic E-state index is 14.0. The Morgan fingerprint density at radius 2 is 0.608 bits per heavy atom. The molecule has 0 aliphatic carbocycles. The number of phosphoric acid groups is 2. The Labute approximate surface area is 786 Å². The van der Waals surface area contributed by atoms with Gasteiger partial charge in [0, 0.05) is 51.6 Å². The van der Waals surface area contributed by atoms with Gasteiger partial charge >= 0.3 is 39.5 Å². The number of carbonyl (C=O) groups is 8. The topological polar surface area (TPSA) is 352 Å². The fourth-order valence-corrected chi connectivity index (χ4v) is 15.7. The second kappa shape index (κ2) is 90.8. The lowest BCUT2D eigenvalue weighted by molar-refractivity contribution is -0.152. The van der Waals surface area contributed by atoms with E-state index in [1.54, 1.807) is 0 Å². The van der Waals surface area contributed by atoms with Crippen LogP contribution in [0.5, 0.6) is 0 Å². The molecule has 0 saturated heterocycles. The average Bonchev–Trinajstić information content (AvgIpc) is 0.902. The summed E-state index contributed by atoms with van der Waals surface area (Å²) >= 11 is 0. The van der Waals surface area contributed by atoms with Crippen LogP contribution in [0.25, 0.3) is 0 Å². The molecule has 750 valence electrons. The van der Waals surface area contributed by atoms with Crippen LogP contribution in [0, 0.1) is 24.2 Å². The summed E-state index contributed by atoms with van der Waals surface area (Å²) in [6.45, 7) is 11.8. The molecule has 0 rings (SSSR count). The van der Waals surface area contributed by atoms with E-state index in [9.17, 15) is 57.3 Å². The van der Waals surface area contributed by atoms with Crippen LogP contribution in [-0.2, 0) is 94.0 Å². The number of esters is 4. The molecule has 4 amide bonds. The van der Waals surface area contributed by atoms with Crippen molar-refractivity contribution in [1.29, 1.82) is 0 Å². The number of hydrogen-bond donors (Lipinski definition) is 6. The molecule has 0 aliphatic rings. The minimum atomic E-state index is -4.92. The molecule has 0 saturated carbocycles. The highest BCUT2D eigenvalue weighted by Gasteiger charge is 2.30. The Hall–Kier alpha value is -6.02. The van der Waals surface area contributed by atoms with Gasteiger partial charge in [0.15, 0.2) is 6.10 Å². The quantitative estimate of drug-likeness (QED) is 0.00626. The predicted molar refractivity (Wildman–Crippen MR) is 520 cm³/mol. The summed E-state index contributed by atoms with van der Waals surface area (Å²) in [5.41, 5.74) is 0. The van der Waals surface area contributed by atoms with Crippen LogP contribution in [0.1, 0.15) is 427 Å². The first-order chi connectivity index (χ1) is 63.1. The molecule has 130 heavy (non-hydrogen) atoms. The summed E-state index contributed by atoms with van der Waals surface area (Å²) in [7, 11) is -9.82. The van der Waals surface area contributed by atoms with E-state index in [0.717, 1.165) is 167 Å². The van der Waals surface area contributed by atoms with Crippen LogP contribution in [0.3, 0.4) is 0 Å². The first-order valence-corrected chi connectivity index (χ1v) is 53.9. The standard InChI is InChI=1S/C102H180N4O22P2/c1-9-17-25-32-37-42-47-54-61-69-94(128-102(114)73-65-58-51-46-41-36-29-21-13-5)83-98(110)105-89(85-119-78-74-91(66-24-16-8)125-99(111)70-62-55-48-43-38-33-26-18-10-2)87-123-129(115,116)121-80-76-103-95(107)84-96(108)104-77-81-122-130(117,118)124-88-90(86-120-79-75-92(67-59-52-30-22-14-6)126-100(112)71-63-56-49-44-39-34-27-19-11-3)106-97(109)82-93(68-60-53-31-23-15-7)127-101(113)72-64-57-50-45-40-35-28-20-12-4/h8,43-46,48-51,89-94H,9-15,17-23,25-42,47,52-65,67-88H2,1-7H3,(H,103,107)(H,104,108)(H,105,110)(H,106,109)(H,115,116)(H,117,118)/b48-43-,49-44-,50-45+,51-46+/t89?,90?,91-,92-,93-,94-/m1/s1. The van der Waals surface area contributed by atoms with E-state index in [2.05, 4.69) is 136 Å². The lowest BCUT2D eigenvalue weighted by atomic mass is 10.0. The van der Waals surface area contributed by atoms with Crippen molar-refractivity contribution in [2.24, 2.45) is 0 Å². The van der Waals surface area contributed by atoms with Crippen LogP contribution in [-0.4, -0.2) is 160 Å². The highest BCUT2D eigenvalue weighted by molar-refractivity contribution is 7.47. The lowest BCUT2D eigenvalue weighted by Crippen LogP contribution is -2.43. The first kappa shape index (κ1) is 124. The van der Waals surface area contributed by atoms with Gasteiger partial charge in [0.05, 0.1) is 77.8 Å². The normalized spacial score (nSPS) is 13.9. The van der Waals surface area contributed by atoms with Crippen molar-refractivity contribution in [3.63, 3.8) is 0 Å². The molecule has 0 heterocycles. The van der Waals surface area contributed by atoms with E-state index in [1.165, 1.54) is 96.3 Å². The molecule has 6 N–H and O–H groups in total. The largest absolute Gasteiger partial charge is 0.472 e. The molecule has 0 bridgehead atoms. The zero-order chi connectivity index (χ0) is 95.6. The third kappa shape index (κ3) is 84.9.